The summed E-state index contributed by atoms with van der Waals surface area (Å²) < 4.78 is 12.9. The first-order chi connectivity index (χ1) is 13.1. The van der Waals surface area contributed by atoms with Gasteiger partial charge in [0, 0.05) is 12.1 Å². The van der Waals surface area contributed by atoms with Crippen LogP contribution in [0.4, 0.5) is 15.8 Å². The molecule has 3 rings (SSSR count). The number of benzene rings is 2. The number of aliphatic hydroxyl groups excluding tert-OH is 1. The van der Waals surface area contributed by atoms with Crippen LogP contribution >= 0.6 is 11.8 Å². The maximum Gasteiger partial charge on any atom is 0.242 e. The molecule has 0 bridgehead atoms. The van der Waals surface area contributed by atoms with Crippen molar-refractivity contribution in [1.29, 1.82) is 0 Å². The monoisotopic (exact) mass is 387 g/mol. The molecular weight excluding hydrogens is 369 g/mol. The van der Waals surface area contributed by atoms with Crippen LogP contribution in [0.15, 0.2) is 59.6 Å². The molecule has 6 nitrogen and oxygen atoms in total. The van der Waals surface area contributed by atoms with E-state index in [9.17, 15) is 19.1 Å². The lowest BCUT2D eigenvalue weighted by atomic mass is 10.2. The molecular formula is C19H18FN3O3S. The largest absolute Gasteiger partial charge is 0.395 e. The van der Waals surface area contributed by atoms with Crippen molar-refractivity contribution in [2.75, 3.05) is 18.5 Å². The van der Waals surface area contributed by atoms with Crippen LogP contribution in [0.25, 0.3) is 0 Å². The normalized spacial score (nSPS) is 18.1. The summed E-state index contributed by atoms with van der Waals surface area (Å²) >= 11 is 1.20. The first-order valence-corrected chi connectivity index (χ1v) is 9.23. The van der Waals surface area contributed by atoms with E-state index >= 15 is 0 Å². The van der Waals surface area contributed by atoms with E-state index in [2.05, 4.69) is 10.3 Å². The third-order valence-electron chi connectivity index (χ3n) is 3.82. The number of amidine groups is 1. The van der Waals surface area contributed by atoms with Gasteiger partial charge in [-0.1, -0.05) is 30.0 Å². The first kappa shape index (κ1) is 19.1. The van der Waals surface area contributed by atoms with Gasteiger partial charge in [0.2, 0.25) is 11.8 Å². The van der Waals surface area contributed by atoms with Gasteiger partial charge in [-0.15, -0.1) is 0 Å². The molecule has 0 spiro atoms. The van der Waals surface area contributed by atoms with Gasteiger partial charge >= 0.3 is 0 Å². The standard InChI is InChI=1S/C19H18FN3O3S/c20-13-6-8-15(9-7-13)21-17(25)12-16-18(26)23(10-11-24)19(27-16)22-14-4-2-1-3-5-14/h1-9,16,24H,10-12H2,(H,21,25)/t16-/m1/s1. The minimum Gasteiger partial charge on any atom is -0.395 e. The zero-order valence-corrected chi connectivity index (χ0v) is 15.2. The van der Waals surface area contributed by atoms with E-state index < -0.39 is 11.1 Å². The zero-order valence-electron chi connectivity index (χ0n) is 14.3. The zero-order chi connectivity index (χ0) is 19.2. The fourth-order valence-electron chi connectivity index (χ4n) is 2.56. The Bertz CT molecular complexity index is 843. The molecule has 2 N–H and O–H groups in total. The Kier molecular flexibility index (Phi) is 6.20. The lowest BCUT2D eigenvalue weighted by Gasteiger charge is -2.14. The number of nitrogens with one attached hydrogen (secondary N) is 1. The van der Waals surface area contributed by atoms with Crippen LogP contribution in [-0.4, -0.2) is 45.4 Å². The van der Waals surface area contributed by atoms with Crippen LogP contribution in [-0.2, 0) is 9.59 Å². The van der Waals surface area contributed by atoms with Crippen molar-refractivity contribution in [1.82, 2.24) is 4.90 Å². The molecule has 1 atom stereocenters. The highest BCUT2D eigenvalue weighted by atomic mass is 32.2. The van der Waals surface area contributed by atoms with E-state index in [0.29, 0.717) is 16.5 Å². The molecule has 27 heavy (non-hydrogen) atoms. The number of aliphatic imine (C=N–C) groups is 1. The van der Waals surface area contributed by atoms with Crippen LogP contribution in [0.2, 0.25) is 0 Å². The van der Waals surface area contributed by atoms with Gasteiger partial charge in [0.1, 0.15) is 11.1 Å². The van der Waals surface area contributed by atoms with Crippen molar-refractivity contribution >= 4 is 40.1 Å². The number of nitrogens with zero attached hydrogens (tertiary/aromatic N) is 2. The summed E-state index contributed by atoms with van der Waals surface area (Å²) in [7, 11) is 0. The molecule has 0 aliphatic carbocycles. The highest BCUT2D eigenvalue weighted by Gasteiger charge is 2.38. The second-order valence-corrected chi connectivity index (χ2v) is 6.98. The SMILES string of the molecule is O=C(C[C@H]1SC(=Nc2ccccc2)N(CCO)C1=O)Nc1ccc(F)cc1. The van der Waals surface area contributed by atoms with Gasteiger partial charge in [-0.2, -0.15) is 0 Å². The molecule has 1 aliphatic rings. The molecule has 140 valence electrons. The van der Waals surface area contributed by atoms with Gasteiger partial charge < -0.3 is 10.4 Å². The third kappa shape index (κ3) is 4.93. The van der Waals surface area contributed by atoms with Gasteiger partial charge in [0.25, 0.3) is 0 Å². The Labute approximate surface area is 160 Å². The predicted octanol–water partition coefficient (Wildman–Crippen LogP) is 2.78. The van der Waals surface area contributed by atoms with Crippen LogP contribution < -0.4 is 5.32 Å². The van der Waals surface area contributed by atoms with Gasteiger partial charge in [-0.25, -0.2) is 9.38 Å². The number of thioether (sulfide) groups is 1. The maximum atomic E-state index is 12.9. The van der Waals surface area contributed by atoms with E-state index in [-0.39, 0.29) is 31.4 Å². The average molecular weight is 387 g/mol. The Hall–Kier alpha value is -2.71. The van der Waals surface area contributed by atoms with E-state index in [4.69, 9.17) is 0 Å². The molecule has 2 aromatic rings. The number of amides is 2. The summed E-state index contributed by atoms with van der Waals surface area (Å²) in [5, 5.41) is 11.7. The summed E-state index contributed by atoms with van der Waals surface area (Å²) in [4.78, 5) is 30.7. The predicted molar refractivity (Wildman–Crippen MR) is 103 cm³/mol. The summed E-state index contributed by atoms with van der Waals surface area (Å²) in [6.07, 6.45) is -0.0450. The van der Waals surface area contributed by atoms with Crippen molar-refractivity contribution in [2.24, 2.45) is 4.99 Å². The number of rotatable bonds is 6. The quantitative estimate of drug-likeness (QED) is 0.799. The van der Waals surface area contributed by atoms with Crippen LogP contribution in [0.3, 0.4) is 0 Å². The van der Waals surface area contributed by atoms with E-state index in [1.807, 2.05) is 30.3 Å². The fraction of sp³-hybridized carbons (Fsp3) is 0.211. The van der Waals surface area contributed by atoms with Crippen molar-refractivity contribution < 1.29 is 19.1 Å². The summed E-state index contributed by atoms with van der Waals surface area (Å²) in [6.45, 7) is -0.0812. The van der Waals surface area contributed by atoms with Crippen molar-refractivity contribution in [3.8, 4) is 0 Å². The third-order valence-corrected chi connectivity index (χ3v) is 5.00. The van der Waals surface area contributed by atoms with Gasteiger partial charge in [-0.3, -0.25) is 14.5 Å². The van der Waals surface area contributed by atoms with Crippen molar-refractivity contribution in [2.45, 2.75) is 11.7 Å². The van der Waals surface area contributed by atoms with Crippen molar-refractivity contribution in [3.63, 3.8) is 0 Å². The Morgan fingerprint density at radius 2 is 1.89 bits per heavy atom. The lowest BCUT2D eigenvalue weighted by molar-refractivity contribution is -0.128. The molecule has 0 unspecified atom stereocenters. The molecule has 8 heteroatoms. The van der Waals surface area contributed by atoms with E-state index in [1.165, 1.54) is 40.9 Å². The minimum absolute atomic E-state index is 0.0450. The highest BCUT2D eigenvalue weighted by Crippen LogP contribution is 2.31. The molecule has 2 aromatic carbocycles. The molecule has 0 radical (unpaired) electrons. The van der Waals surface area contributed by atoms with E-state index in [0.717, 1.165) is 0 Å². The summed E-state index contributed by atoms with van der Waals surface area (Å²) in [6, 6.07) is 14.6. The van der Waals surface area contributed by atoms with Gasteiger partial charge in [0.15, 0.2) is 5.17 Å². The Balaban J connectivity index is 1.70. The second kappa shape index (κ2) is 8.79. The van der Waals surface area contributed by atoms with Gasteiger partial charge in [-0.05, 0) is 36.4 Å². The molecule has 0 aromatic heterocycles. The molecule has 1 saturated heterocycles. The number of para-hydroxylation sites is 1. The average Bonchev–Trinajstić information content (AvgIpc) is 2.93. The first-order valence-electron chi connectivity index (χ1n) is 8.35. The van der Waals surface area contributed by atoms with Crippen LogP contribution in [0, 0.1) is 5.82 Å². The number of aliphatic hydroxyl groups is 1. The molecule has 1 fully saturated rings. The lowest BCUT2D eigenvalue weighted by Crippen LogP contribution is -2.35. The molecule has 1 heterocycles. The fourth-order valence-corrected chi connectivity index (χ4v) is 3.74. The molecule has 1 aliphatic heterocycles. The molecule has 2 amide bonds. The van der Waals surface area contributed by atoms with Crippen LogP contribution in [0.5, 0.6) is 0 Å². The number of β-amino-alcohol motifs (C(OH)–C–C–N with tert-alkyl or cyclic N) is 1. The number of carbonyl (C=O) groups is 2. The summed E-state index contributed by atoms with van der Waals surface area (Å²) in [5.74, 6) is -1.01. The topological polar surface area (TPSA) is 82.0 Å². The Morgan fingerprint density at radius 3 is 2.56 bits per heavy atom. The van der Waals surface area contributed by atoms with Gasteiger partial charge in [0.05, 0.1) is 18.8 Å². The summed E-state index contributed by atoms with van der Waals surface area (Å²) in [5.41, 5.74) is 1.15. The second-order valence-electron chi connectivity index (χ2n) is 5.81. The van der Waals surface area contributed by atoms with Crippen molar-refractivity contribution in [3.05, 3.63) is 60.4 Å². The number of halogens is 1. The number of hydrogen-bond donors (Lipinski definition) is 2. The minimum atomic E-state index is -0.625. The number of anilines is 1. The number of hydrogen-bond acceptors (Lipinski definition) is 5. The molecule has 0 saturated carbocycles. The maximum absolute atomic E-state index is 12.9. The van der Waals surface area contributed by atoms with E-state index in [1.54, 1.807) is 0 Å². The van der Waals surface area contributed by atoms with Crippen LogP contribution in [0.1, 0.15) is 6.42 Å². The Morgan fingerprint density at radius 1 is 1.19 bits per heavy atom. The number of carbonyl (C=O) groups excluding carboxylic acids is 2. The smallest absolute Gasteiger partial charge is 0.242 e. The highest BCUT2D eigenvalue weighted by molar-refractivity contribution is 8.15.